The minimum absolute atomic E-state index is 0.00529. The van der Waals surface area contributed by atoms with E-state index in [9.17, 15) is 4.79 Å². The van der Waals surface area contributed by atoms with Gasteiger partial charge in [0.1, 0.15) is 5.75 Å². The number of carbonyl (C=O) groups is 1. The summed E-state index contributed by atoms with van der Waals surface area (Å²) in [4.78, 5) is 23.4. The lowest BCUT2D eigenvalue weighted by Gasteiger charge is -2.26. The number of aryl methyl sites for hydroxylation is 2. The van der Waals surface area contributed by atoms with Crippen molar-refractivity contribution >= 4 is 17.7 Å². The van der Waals surface area contributed by atoms with Crippen LogP contribution in [0.1, 0.15) is 41.9 Å². The molecule has 0 saturated heterocycles. The second kappa shape index (κ2) is 9.03. The SMILES string of the molecule is COc1ccc(C(C)N(C)C(=O)CCc2c(C)nc(SC)nc2C)cc1. The van der Waals surface area contributed by atoms with Crippen molar-refractivity contribution in [2.24, 2.45) is 0 Å². The Morgan fingerprint density at radius 1 is 1.19 bits per heavy atom. The predicted molar refractivity (Wildman–Crippen MR) is 106 cm³/mol. The van der Waals surface area contributed by atoms with Crippen LogP contribution < -0.4 is 4.74 Å². The van der Waals surface area contributed by atoms with Crippen LogP contribution in [0.15, 0.2) is 29.4 Å². The van der Waals surface area contributed by atoms with Crippen LogP contribution in [0.25, 0.3) is 0 Å². The maximum absolute atomic E-state index is 12.7. The zero-order chi connectivity index (χ0) is 19.3. The normalized spacial score (nSPS) is 11.9. The highest BCUT2D eigenvalue weighted by Gasteiger charge is 2.18. The zero-order valence-corrected chi connectivity index (χ0v) is 17.2. The van der Waals surface area contributed by atoms with E-state index in [4.69, 9.17) is 4.74 Å². The summed E-state index contributed by atoms with van der Waals surface area (Å²) >= 11 is 1.53. The van der Waals surface area contributed by atoms with E-state index in [1.807, 2.05) is 58.3 Å². The molecule has 5 nitrogen and oxygen atoms in total. The molecular weight excluding hydrogens is 346 g/mol. The zero-order valence-electron chi connectivity index (χ0n) is 16.4. The van der Waals surface area contributed by atoms with Crippen LogP contribution in [0, 0.1) is 13.8 Å². The van der Waals surface area contributed by atoms with Crippen LogP contribution in [-0.4, -0.2) is 41.2 Å². The average Bonchev–Trinajstić information content (AvgIpc) is 2.65. The Labute approximate surface area is 160 Å². The van der Waals surface area contributed by atoms with Crippen molar-refractivity contribution in [3.63, 3.8) is 0 Å². The van der Waals surface area contributed by atoms with Gasteiger partial charge in [0.15, 0.2) is 5.16 Å². The number of rotatable bonds is 7. The summed E-state index contributed by atoms with van der Waals surface area (Å²) < 4.78 is 5.19. The molecule has 6 heteroatoms. The Balaban J connectivity index is 2.02. The van der Waals surface area contributed by atoms with Gasteiger partial charge in [-0.1, -0.05) is 23.9 Å². The van der Waals surface area contributed by atoms with Crippen molar-refractivity contribution in [3.05, 3.63) is 46.8 Å². The van der Waals surface area contributed by atoms with E-state index in [2.05, 4.69) is 9.97 Å². The first-order chi connectivity index (χ1) is 12.4. The number of amides is 1. The second-order valence-electron chi connectivity index (χ2n) is 6.31. The van der Waals surface area contributed by atoms with E-state index in [0.29, 0.717) is 12.8 Å². The van der Waals surface area contributed by atoms with E-state index in [0.717, 1.165) is 33.4 Å². The summed E-state index contributed by atoms with van der Waals surface area (Å²) in [7, 11) is 3.50. The van der Waals surface area contributed by atoms with Crippen molar-refractivity contribution in [2.45, 2.75) is 44.8 Å². The number of ether oxygens (including phenoxy) is 1. The van der Waals surface area contributed by atoms with Crippen LogP contribution in [0.5, 0.6) is 5.75 Å². The molecule has 1 aromatic carbocycles. The Hall–Kier alpha value is -2.08. The highest BCUT2D eigenvalue weighted by Crippen LogP contribution is 2.23. The predicted octanol–water partition coefficient (Wildman–Crippen LogP) is 3.98. The molecule has 0 aliphatic heterocycles. The summed E-state index contributed by atoms with van der Waals surface area (Å²) in [5.74, 6) is 0.927. The first-order valence-electron chi connectivity index (χ1n) is 8.65. The summed E-state index contributed by atoms with van der Waals surface area (Å²) in [5.41, 5.74) is 4.07. The highest BCUT2D eigenvalue weighted by atomic mass is 32.2. The molecule has 0 spiro atoms. The van der Waals surface area contributed by atoms with E-state index in [1.54, 1.807) is 12.0 Å². The number of thioether (sulfide) groups is 1. The number of nitrogens with zero attached hydrogens (tertiary/aromatic N) is 3. The topological polar surface area (TPSA) is 55.3 Å². The lowest BCUT2D eigenvalue weighted by Crippen LogP contribution is -2.30. The van der Waals surface area contributed by atoms with Gasteiger partial charge in [-0.15, -0.1) is 0 Å². The van der Waals surface area contributed by atoms with Crippen molar-refractivity contribution < 1.29 is 9.53 Å². The maximum Gasteiger partial charge on any atom is 0.223 e. The maximum atomic E-state index is 12.7. The smallest absolute Gasteiger partial charge is 0.223 e. The fourth-order valence-corrected chi connectivity index (χ4v) is 3.35. The number of hydrogen-bond donors (Lipinski definition) is 0. The molecule has 0 fully saturated rings. The van der Waals surface area contributed by atoms with Gasteiger partial charge >= 0.3 is 0 Å². The van der Waals surface area contributed by atoms with Gasteiger partial charge in [0.05, 0.1) is 13.2 Å². The van der Waals surface area contributed by atoms with Gasteiger partial charge in [0.25, 0.3) is 0 Å². The van der Waals surface area contributed by atoms with E-state index < -0.39 is 0 Å². The molecule has 0 radical (unpaired) electrons. The van der Waals surface area contributed by atoms with Crippen LogP contribution >= 0.6 is 11.8 Å². The minimum Gasteiger partial charge on any atom is -0.497 e. The van der Waals surface area contributed by atoms with Crippen LogP contribution in [0.3, 0.4) is 0 Å². The fraction of sp³-hybridized carbons (Fsp3) is 0.450. The summed E-state index contributed by atoms with van der Waals surface area (Å²) in [6, 6.07) is 7.83. The van der Waals surface area contributed by atoms with Gasteiger partial charge in [-0.25, -0.2) is 9.97 Å². The third-order valence-electron chi connectivity index (χ3n) is 4.74. The van der Waals surface area contributed by atoms with Gasteiger partial charge in [0, 0.05) is 24.9 Å². The Morgan fingerprint density at radius 2 is 1.77 bits per heavy atom. The number of benzene rings is 1. The van der Waals surface area contributed by atoms with Gasteiger partial charge in [-0.3, -0.25) is 4.79 Å². The molecule has 0 bridgehead atoms. The van der Waals surface area contributed by atoms with E-state index in [-0.39, 0.29) is 11.9 Å². The molecule has 140 valence electrons. The lowest BCUT2D eigenvalue weighted by atomic mass is 10.0. The highest BCUT2D eigenvalue weighted by molar-refractivity contribution is 7.98. The Morgan fingerprint density at radius 3 is 2.27 bits per heavy atom. The van der Waals surface area contributed by atoms with Crippen molar-refractivity contribution in [1.82, 2.24) is 14.9 Å². The molecule has 0 N–H and O–H groups in total. The number of carbonyl (C=O) groups excluding carboxylic acids is 1. The first kappa shape index (κ1) is 20.2. The number of methoxy groups -OCH3 is 1. The van der Waals surface area contributed by atoms with Crippen LogP contribution in [0.2, 0.25) is 0 Å². The molecule has 1 heterocycles. The molecule has 1 aromatic heterocycles. The number of aromatic nitrogens is 2. The summed E-state index contributed by atoms with van der Waals surface area (Å²) in [5, 5.41) is 0.778. The third-order valence-corrected chi connectivity index (χ3v) is 5.29. The van der Waals surface area contributed by atoms with Gasteiger partial charge < -0.3 is 9.64 Å². The van der Waals surface area contributed by atoms with Crippen molar-refractivity contribution in [1.29, 1.82) is 0 Å². The van der Waals surface area contributed by atoms with Crippen LogP contribution in [0.4, 0.5) is 0 Å². The van der Waals surface area contributed by atoms with Gasteiger partial charge in [-0.2, -0.15) is 0 Å². The lowest BCUT2D eigenvalue weighted by molar-refractivity contribution is -0.131. The minimum atomic E-state index is 0.00529. The first-order valence-corrected chi connectivity index (χ1v) is 9.87. The summed E-state index contributed by atoms with van der Waals surface area (Å²) in [6.07, 6.45) is 3.07. The molecule has 26 heavy (non-hydrogen) atoms. The average molecular weight is 374 g/mol. The second-order valence-corrected chi connectivity index (χ2v) is 7.09. The Kier molecular flexibility index (Phi) is 7.03. The van der Waals surface area contributed by atoms with E-state index in [1.165, 1.54) is 11.8 Å². The standard InChI is InChI=1S/C20H27N3O2S/c1-13-18(14(2)22-20(21-13)26-6)11-12-19(24)23(4)15(3)16-7-9-17(25-5)10-8-16/h7-10,15H,11-12H2,1-6H3. The third kappa shape index (κ3) is 4.75. The molecule has 0 aliphatic rings. The van der Waals surface area contributed by atoms with Gasteiger partial charge in [0.2, 0.25) is 5.91 Å². The van der Waals surface area contributed by atoms with E-state index >= 15 is 0 Å². The largest absolute Gasteiger partial charge is 0.497 e. The van der Waals surface area contributed by atoms with Crippen molar-refractivity contribution in [3.8, 4) is 5.75 Å². The molecule has 2 aromatic rings. The van der Waals surface area contributed by atoms with Gasteiger partial charge in [-0.05, 0) is 56.7 Å². The molecular formula is C20H27N3O2S. The molecule has 1 unspecified atom stereocenters. The molecule has 0 aliphatic carbocycles. The quantitative estimate of drug-likeness (QED) is 0.543. The molecule has 1 atom stereocenters. The Bertz CT molecular complexity index is 739. The molecule has 0 saturated carbocycles. The summed E-state index contributed by atoms with van der Waals surface area (Å²) in [6.45, 7) is 6.00. The fourth-order valence-electron chi connectivity index (χ4n) is 2.89. The molecule has 1 amide bonds. The molecule has 2 rings (SSSR count). The monoisotopic (exact) mass is 373 g/mol. The van der Waals surface area contributed by atoms with Crippen molar-refractivity contribution in [2.75, 3.05) is 20.4 Å². The van der Waals surface area contributed by atoms with Crippen LogP contribution in [-0.2, 0) is 11.2 Å². The number of hydrogen-bond acceptors (Lipinski definition) is 5.